The number of aryl methyl sites for hydroxylation is 1. The van der Waals surface area contributed by atoms with Gasteiger partial charge in [-0.15, -0.1) is 0 Å². The first-order chi connectivity index (χ1) is 16.7. The number of imidazole rings is 1. The number of aromatic amines is 1. The summed E-state index contributed by atoms with van der Waals surface area (Å²) < 4.78 is 17.0. The van der Waals surface area contributed by atoms with E-state index in [0.717, 1.165) is 71.5 Å². The molecule has 1 aliphatic heterocycles. The number of unbranched alkanes of at least 4 members (excludes halogenated alkanes) is 1. The van der Waals surface area contributed by atoms with Gasteiger partial charge in [-0.1, -0.05) is 24.9 Å². The van der Waals surface area contributed by atoms with Crippen molar-refractivity contribution in [2.24, 2.45) is 0 Å². The Bertz CT molecular complexity index is 1210. The number of halogens is 1. The van der Waals surface area contributed by atoms with Crippen molar-refractivity contribution in [1.29, 1.82) is 0 Å². The zero-order valence-electron chi connectivity index (χ0n) is 19.1. The summed E-state index contributed by atoms with van der Waals surface area (Å²) in [6.07, 6.45) is 3.38. The minimum atomic E-state index is 0.241. The lowest BCUT2D eigenvalue weighted by Gasteiger charge is -2.08. The first-order valence-corrected chi connectivity index (χ1v) is 12.0. The minimum Gasteiger partial charge on any atom is -0.491 e. The van der Waals surface area contributed by atoms with E-state index in [9.17, 15) is 0 Å². The predicted octanol–water partition coefficient (Wildman–Crippen LogP) is 7.31. The van der Waals surface area contributed by atoms with E-state index in [1.807, 2.05) is 48.5 Å². The molecule has 6 heteroatoms. The maximum atomic E-state index is 5.96. The van der Waals surface area contributed by atoms with Gasteiger partial charge < -0.3 is 19.2 Å². The Morgan fingerprint density at radius 2 is 1.53 bits per heavy atom. The third-order valence-corrected chi connectivity index (χ3v) is 5.93. The van der Waals surface area contributed by atoms with Crippen LogP contribution >= 0.6 is 11.6 Å². The van der Waals surface area contributed by atoms with E-state index >= 15 is 0 Å². The predicted molar refractivity (Wildman–Crippen MR) is 135 cm³/mol. The average Bonchev–Trinajstić information content (AvgIpc) is 3.61. The number of aromatic nitrogens is 2. The fourth-order valence-electron chi connectivity index (χ4n) is 3.69. The lowest BCUT2D eigenvalue weighted by Crippen LogP contribution is -2.03. The number of H-pyrrole nitrogens is 1. The van der Waals surface area contributed by atoms with Crippen LogP contribution in [0.5, 0.6) is 17.2 Å². The van der Waals surface area contributed by atoms with Crippen LogP contribution in [0.25, 0.3) is 22.5 Å². The smallest absolute Gasteiger partial charge is 0.127 e. The van der Waals surface area contributed by atoms with Gasteiger partial charge in [0.25, 0.3) is 0 Å². The topological polar surface area (TPSA) is 59.7 Å². The normalized spacial score (nSPS) is 14.7. The van der Waals surface area contributed by atoms with Gasteiger partial charge in [0.05, 0.1) is 18.0 Å². The molecular weight excluding hydrogens is 448 g/mol. The van der Waals surface area contributed by atoms with E-state index < -0.39 is 0 Å². The van der Waals surface area contributed by atoms with Gasteiger partial charge >= 0.3 is 0 Å². The van der Waals surface area contributed by atoms with Crippen molar-refractivity contribution in [3.63, 3.8) is 0 Å². The van der Waals surface area contributed by atoms with Gasteiger partial charge in [-0.3, -0.25) is 0 Å². The lowest BCUT2D eigenvalue weighted by atomic mass is 10.0. The van der Waals surface area contributed by atoms with Crippen LogP contribution in [0.3, 0.4) is 0 Å². The Morgan fingerprint density at radius 1 is 0.912 bits per heavy atom. The Balaban J connectivity index is 1.38. The summed E-state index contributed by atoms with van der Waals surface area (Å²) in [6, 6.07) is 23.5. The average molecular weight is 475 g/mol. The van der Waals surface area contributed by atoms with Crippen LogP contribution in [0.4, 0.5) is 0 Å². The summed E-state index contributed by atoms with van der Waals surface area (Å²) >= 11 is 5.96. The van der Waals surface area contributed by atoms with Gasteiger partial charge in [-0.2, -0.15) is 0 Å². The number of hydrogen-bond acceptors (Lipinski definition) is 4. The van der Waals surface area contributed by atoms with E-state index in [4.69, 9.17) is 30.8 Å². The largest absolute Gasteiger partial charge is 0.491 e. The Kier molecular flexibility index (Phi) is 6.84. The first-order valence-electron chi connectivity index (χ1n) is 11.7. The van der Waals surface area contributed by atoms with Crippen molar-refractivity contribution in [3.05, 3.63) is 83.6 Å². The van der Waals surface area contributed by atoms with Crippen LogP contribution in [0.1, 0.15) is 25.6 Å². The number of epoxide rings is 1. The van der Waals surface area contributed by atoms with Crippen LogP contribution in [-0.4, -0.2) is 29.3 Å². The fourth-order valence-corrected chi connectivity index (χ4v) is 3.82. The van der Waals surface area contributed by atoms with E-state index in [1.165, 1.54) is 0 Å². The van der Waals surface area contributed by atoms with E-state index in [0.29, 0.717) is 11.6 Å². The van der Waals surface area contributed by atoms with Gasteiger partial charge in [-0.05, 0) is 79.2 Å². The molecule has 0 unspecified atom stereocenters. The van der Waals surface area contributed by atoms with Gasteiger partial charge in [0, 0.05) is 22.6 Å². The summed E-state index contributed by atoms with van der Waals surface area (Å²) in [6.45, 7) is 3.58. The number of benzene rings is 3. The molecule has 5 nitrogen and oxygen atoms in total. The van der Waals surface area contributed by atoms with Crippen molar-refractivity contribution < 1.29 is 14.2 Å². The summed E-state index contributed by atoms with van der Waals surface area (Å²) in [4.78, 5) is 8.50. The molecule has 0 radical (unpaired) electrons. The van der Waals surface area contributed by atoms with Crippen LogP contribution in [0.2, 0.25) is 5.02 Å². The molecule has 1 N–H and O–H groups in total. The molecular formula is C28H27ClN2O3. The fraction of sp³-hybridized carbons (Fsp3) is 0.250. The number of hydrogen-bond donors (Lipinski definition) is 1. The lowest BCUT2D eigenvalue weighted by molar-refractivity contribution is 0.263. The molecule has 0 bridgehead atoms. The second kappa shape index (κ2) is 10.3. The third kappa shape index (κ3) is 5.61. The SMILES string of the molecule is CCCCc1nc(-c2ccc(OC[C@H]3CO3)cc2)c(-c2ccc(Oc3ccc(Cl)cc3)cc2)[nH]1. The van der Waals surface area contributed by atoms with Crippen molar-refractivity contribution in [2.45, 2.75) is 32.3 Å². The van der Waals surface area contributed by atoms with Crippen LogP contribution in [0.15, 0.2) is 72.8 Å². The molecule has 1 atom stereocenters. The van der Waals surface area contributed by atoms with Crippen molar-refractivity contribution in [1.82, 2.24) is 9.97 Å². The summed E-state index contributed by atoms with van der Waals surface area (Å²) in [5, 5.41) is 0.685. The highest BCUT2D eigenvalue weighted by atomic mass is 35.5. The molecule has 3 aromatic carbocycles. The van der Waals surface area contributed by atoms with E-state index in [1.54, 1.807) is 0 Å². The van der Waals surface area contributed by atoms with Gasteiger partial charge in [0.1, 0.15) is 35.8 Å². The highest BCUT2D eigenvalue weighted by Gasteiger charge is 2.23. The van der Waals surface area contributed by atoms with Crippen molar-refractivity contribution >= 4 is 11.6 Å². The summed E-state index contributed by atoms with van der Waals surface area (Å²) in [5.41, 5.74) is 4.05. The van der Waals surface area contributed by atoms with Gasteiger partial charge in [0.15, 0.2) is 0 Å². The number of ether oxygens (including phenoxy) is 3. The third-order valence-electron chi connectivity index (χ3n) is 5.68. The van der Waals surface area contributed by atoms with Crippen LogP contribution in [0, 0.1) is 0 Å². The van der Waals surface area contributed by atoms with Crippen molar-refractivity contribution in [2.75, 3.05) is 13.2 Å². The van der Waals surface area contributed by atoms with E-state index in [2.05, 4.69) is 36.2 Å². The number of nitrogens with one attached hydrogen (secondary N) is 1. The molecule has 1 saturated heterocycles. The Labute approximate surface area is 204 Å². The maximum absolute atomic E-state index is 5.96. The maximum Gasteiger partial charge on any atom is 0.127 e. The number of rotatable bonds is 10. The second-order valence-corrected chi connectivity index (χ2v) is 8.82. The van der Waals surface area contributed by atoms with E-state index in [-0.39, 0.29) is 6.10 Å². The minimum absolute atomic E-state index is 0.241. The van der Waals surface area contributed by atoms with Crippen LogP contribution < -0.4 is 9.47 Å². The number of nitrogens with zero attached hydrogens (tertiary/aromatic N) is 1. The molecule has 34 heavy (non-hydrogen) atoms. The molecule has 1 fully saturated rings. The molecule has 5 rings (SSSR count). The zero-order valence-corrected chi connectivity index (χ0v) is 19.8. The molecule has 0 spiro atoms. The molecule has 0 aliphatic carbocycles. The van der Waals surface area contributed by atoms with Gasteiger partial charge in [-0.25, -0.2) is 4.98 Å². The standard InChI is InChI=1S/C28H27ClN2O3/c1-2-3-4-26-30-27(19-5-11-22(12-6-19)32-17-25-18-33-25)28(31-26)20-7-13-23(14-8-20)34-24-15-9-21(29)10-16-24/h5-16,25H,2-4,17-18H2,1H3,(H,30,31)/t25-/m0/s1. The Hall–Kier alpha value is -3.28. The molecule has 0 amide bonds. The summed E-state index contributed by atoms with van der Waals surface area (Å²) in [5.74, 6) is 3.35. The van der Waals surface area contributed by atoms with Gasteiger partial charge in [0.2, 0.25) is 0 Å². The molecule has 174 valence electrons. The summed E-state index contributed by atoms with van der Waals surface area (Å²) in [7, 11) is 0. The first kappa shape index (κ1) is 22.5. The van der Waals surface area contributed by atoms with Crippen LogP contribution in [-0.2, 0) is 11.2 Å². The quantitative estimate of drug-likeness (QED) is 0.245. The zero-order chi connectivity index (χ0) is 23.3. The molecule has 1 aromatic heterocycles. The molecule has 2 heterocycles. The molecule has 1 aliphatic rings. The monoisotopic (exact) mass is 474 g/mol. The molecule has 4 aromatic rings. The molecule has 0 saturated carbocycles. The van der Waals surface area contributed by atoms with Crippen molar-refractivity contribution in [3.8, 4) is 39.8 Å². The second-order valence-electron chi connectivity index (χ2n) is 8.38. The highest BCUT2D eigenvalue weighted by molar-refractivity contribution is 6.30. The highest BCUT2D eigenvalue weighted by Crippen LogP contribution is 2.33. The Morgan fingerprint density at radius 3 is 2.18 bits per heavy atom.